The molecule has 3 heterocycles. The van der Waals surface area contributed by atoms with Gasteiger partial charge in [0.15, 0.2) is 5.82 Å². The Kier molecular flexibility index (Phi) is 10.1. The molecule has 0 saturated carbocycles. The first kappa shape index (κ1) is 35.7. The molecule has 2 N–H and O–H groups in total. The number of pyridine rings is 1. The van der Waals surface area contributed by atoms with Crippen LogP contribution >= 0.6 is 11.6 Å². The number of halogens is 8. The zero-order valence-electron chi connectivity index (χ0n) is 25.6. The zero-order chi connectivity index (χ0) is 36.4. The zero-order valence-corrected chi connectivity index (χ0v) is 26.4. The number of amides is 2. The molecular formula is C30H23ClF7N9O3. The largest absolute Gasteiger partial charge is 0.461 e. The summed E-state index contributed by atoms with van der Waals surface area (Å²) in [5.41, 5.74) is 1.40. The van der Waals surface area contributed by atoms with E-state index in [1.807, 2.05) is 0 Å². The average molecular weight is 726 g/mol. The number of carbonyl (C=O) groups is 2. The number of ether oxygens (including phenoxy) is 1. The van der Waals surface area contributed by atoms with Crippen molar-refractivity contribution in [3.8, 4) is 11.6 Å². The molecule has 0 aliphatic carbocycles. The molecule has 0 aliphatic heterocycles. The van der Waals surface area contributed by atoms with Gasteiger partial charge in [0, 0.05) is 12.7 Å². The van der Waals surface area contributed by atoms with Gasteiger partial charge in [-0.05, 0) is 72.1 Å². The maximum absolute atomic E-state index is 13.8. The van der Waals surface area contributed by atoms with Gasteiger partial charge < -0.3 is 15.4 Å². The molecule has 3 aromatic heterocycles. The van der Waals surface area contributed by atoms with Crippen molar-refractivity contribution < 1.29 is 45.1 Å². The van der Waals surface area contributed by atoms with Crippen molar-refractivity contribution in [2.75, 3.05) is 5.32 Å². The van der Waals surface area contributed by atoms with Crippen LogP contribution in [0.25, 0.3) is 5.82 Å². The number of nitrogens with zero attached hydrogens (tertiary/aromatic N) is 7. The molecule has 0 bridgehead atoms. The van der Waals surface area contributed by atoms with Crippen LogP contribution < -0.4 is 15.4 Å². The van der Waals surface area contributed by atoms with E-state index < -0.39 is 42.9 Å². The van der Waals surface area contributed by atoms with Crippen LogP contribution in [0.2, 0.25) is 5.02 Å². The fourth-order valence-electron chi connectivity index (χ4n) is 4.67. The van der Waals surface area contributed by atoms with Gasteiger partial charge in [-0.2, -0.15) is 40.6 Å². The van der Waals surface area contributed by atoms with E-state index in [-0.39, 0.29) is 45.8 Å². The molecule has 5 rings (SSSR count). The Morgan fingerprint density at radius 2 is 1.74 bits per heavy atom. The first-order valence-corrected chi connectivity index (χ1v) is 14.6. The number of nitrogens with one attached hydrogen (secondary N) is 2. The van der Waals surface area contributed by atoms with Gasteiger partial charge in [-0.15, -0.1) is 10.2 Å². The molecule has 12 nitrogen and oxygen atoms in total. The Labute approximate surface area is 282 Å². The fraction of sp³-hybridized carbons (Fsp3) is 0.233. The van der Waals surface area contributed by atoms with Crippen LogP contribution in [0.4, 0.5) is 36.4 Å². The van der Waals surface area contributed by atoms with E-state index in [4.69, 9.17) is 11.6 Å². The predicted octanol–water partition coefficient (Wildman–Crippen LogP) is 6.01. The number of carbonyl (C=O) groups excluding carboxylic acids is 2. The van der Waals surface area contributed by atoms with Crippen molar-refractivity contribution in [1.82, 2.24) is 40.3 Å². The molecule has 0 radical (unpaired) electrons. The Morgan fingerprint density at radius 1 is 0.980 bits per heavy atom. The summed E-state index contributed by atoms with van der Waals surface area (Å²) in [6, 6.07) is 13.0. The minimum absolute atomic E-state index is 0.0387. The Bertz CT molecular complexity index is 2050. The average Bonchev–Trinajstić information content (AvgIpc) is 3.68. The number of aryl methyl sites for hydroxylation is 2. The van der Waals surface area contributed by atoms with E-state index in [1.54, 1.807) is 26.0 Å². The molecule has 0 atom stereocenters. The number of aromatic nitrogens is 7. The molecule has 262 valence electrons. The quantitative estimate of drug-likeness (QED) is 0.158. The number of tetrazole rings is 1. The van der Waals surface area contributed by atoms with Gasteiger partial charge in [0.05, 0.1) is 22.0 Å². The number of hydrogen-bond acceptors (Lipinski definition) is 8. The van der Waals surface area contributed by atoms with Crippen LogP contribution in [0.1, 0.15) is 49.1 Å². The Hall–Kier alpha value is -5.59. The number of hydrogen-bond donors (Lipinski definition) is 2. The van der Waals surface area contributed by atoms with Crippen molar-refractivity contribution in [2.45, 2.75) is 45.6 Å². The van der Waals surface area contributed by atoms with Crippen molar-refractivity contribution >= 4 is 29.1 Å². The van der Waals surface area contributed by atoms with Crippen LogP contribution in [-0.4, -0.2) is 59.6 Å². The second kappa shape index (κ2) is 14.1. The fourth-order valence-corrected chi connectivity index (χ4v) is 4.87. The lowest BCUT2D eigenvalue weighted by Crippen LogP contribution is -2.35. The smallest absolute Gasteiger partial charge is 0.435 e. The molecule has 2 amide bonds. The summed E-state index contributed by atoms with van der Waals surface area (Å²) in [4.78, 5) is 31.8. The van der Waals surface area contributed by atoms with Crippen molar-refractivity contribution in [1.29, 1.82) is 0 Å². The third-order valence-electron chi connectivity index (χ3n) is 6.87. The van der Waals surface area contributed by atoms with Crippen molar-refractivity contribution in [3.63, 3.8) is 0 Å². The third-order valence-corrected chi connectivity index (χ3v) is 7.16. The summed E-state index contributed by atoms with van der Waals surface area (Å²) in [6.07, 6.45) is -4.62. The SMILES string of the molecule is Cc1cc(C)c(NC(=O)c2cc(Cn3nnc(C(F)(F)C(F)(F)F)n3)nn2-c2ncccc2Cl)c(C(=O)NCc2cccc(OC(F)F)c2)c1. The second-order valence-corrected chi connectivity index (χ2v) is 11.0. The number of benzene rings is 2. The lowest BCUT2D eigenvalue weighted by molar-refractivity contribution is -0.292. The van der Waals surface area contributed by atoms with Gasteiger partial charge in [-0.25, -0.2) is 9.67 Å². The lowest BCUT2D eigenvalue weighted by atomic mass is 10.0. The summed E-state index contributed by atoms with van der Waals surface area (Å²) in [5, 5.41) is 18.8. The highest BCUT2D eigenvalue weighted by Gasteiger charge is 2.62. The van der Waals surface area contributed by atoms with Gasteiger partial charge >= 0.3 is 18.7 Å². The molecule has 20 heteroatoms. The summed E-state index contributed by atoms with van der Waals surface area (Å²) < 4.78 is 96.6. The van der Waals surface area contributed by atoms with E-state index in [2.05, 4.69) is 40.9 Å². The molecule has 0 aliphatic rings. The molecule has 5 aromatic rings. The minimum Gasteiger partial charge on any atom is -0.435 e. The van der Waals surface area contributed by atoms with Gasteiger partial charge in [0.25, 0.3) is 17.6 Å². The standard InChI is InChI=1S/C30H23ClF7N9O3/c1-15-9-16(2)23(20(10-15)25(48)40-13-17-5-3-6-19(11-17)50-28(32)33)41-26(49)22-12-18(43-47(22)24-21(31)7-4-8-39-24)14-46-44-27(42-45-46)29(34,35)30(36,37)38/h3-12,28H,13-14H2,1-2H3,(H,40,48)(H,41,49). The monoisotopic (exact) mass is 725 g/mol. The van der Waals surface area contributed by atoms with E-state index in [1.165, 1.54) is 48.7 Å². The second-order valence-electron chi connectivity index (χ2n) is 10.6. The van der Waals surface area contributed by atoms with Crippen LogP contribution in [0.3, 0.4) is 0 Å². The topological polar surface area (TPSA) is 142 Å². The van der Waals surface area contributed by atoms with E-state index >= 15 is 0 Å². The highest BCUT2D eigenvalue weighted by molar-refractivity contribution is 6.32. The maximum atomic E-state index is 13.8. The maximum Gasteiger partial charge on any atom is 0.461 e. The van der Waals surface area contributed by atoms with Crippen LogP contribution in [0.15, 0.2) is 60.8 Å². The van der Waals surface area contributed by atoms with Crippen molar-refractivity contribution in [2.24, 2.45) is 0 Å². The van der Waals surface area contributed by atoms with Gasteiger partial charge in [-0.3, -0.25) is 9.59 Å². The van der Waals surface area contributed by atoms with Gasteiger partial charge in [-0.1, -0.05) is 29.8 Å². The molecule has 2 aromatic carbocycles. The molecule has 0 unspecified atom stereocenters. The lowest BCUT2D eigenvalue weighted by Gasteiger charge is -2.16. The molecule has 0 fully saturated rings. The Morgan fingerprint density at radius 3 is 2.44 bits per heavy atom. The molecule has 0 saturated heterocycles. The van der Waals surface area contributed by atoms with Gasteiger partial charge in [0.1, 0.15) is 18.0 Å². The van der Waals surface area contributed by atoms with E-state index in [0.29, 0.717) is 21.5 Å². The number of anilines is 1. The predicted molar refractivity (Wildman–Crippen MR) is 161 cm³/mol. The summed E-state index contributed by atoms with van der Waals surface area (Å²) in [7, 11) is 0. The van der Waals surface area contributed by atoms with E-state index in [9.17, 15) is 40.3 Å². The molecule has 50 heavy (non-hydrogen) atoms. The highest BCUT2D eigenvalue weighted by Crippen LogP contribution is 2.42. The third kappa shape index (κ3) is 7.82. The van der Waals surface area contributed by atoms with Crippen molar-refractivity contribution in [3.05, 3.63) is 105 Å². The van der Waals surface area contributed by atoms with Crippen LogP contribution in [0, 0.1) is 13.8 Å². The van der Waals surface area contributed by atoms with E-state index in [0.717, 1.165) is 4.68 Å². The molecular weight excluding hydrogens is 703 g/mol. The summed E-state index contributed by atoms with van der Waals surface area (Å²) in [6.45, 7) is -0.363. The minimum atomic E-state index is -5.97. The van der Waals surface area contributed by atoms with Crippen LogP contribution in [0.5, 0.6) is 5.75 Å². The number of alkyl halides is 7. The first-order valence-electron chi connectivity index (χ1n) is 14.2. The highest BCUT2D eigenvalue weighted by atomic mass is 35.5. The summed E-state index contributed by atoms with van der Waals surface area (Å²) >= 11 is 6.31. The summed E-state index contributed by atoms with van der Waals surface area (Å²) in [5.74, 6) is -8.88. The van der Waals surface area contributed by atoms with Gasteiger partial charge in [0.2, 0.25) is 0 Å². The molecule has 0 spiro atoms. The normalized spacial score (nSPS) is 11.9. The Balaban J connectivity index is 1.44. The first-order chi connectivity index (χ1) is 23.5. The number of rotatable bonds is 11. The van der Waals surface area contributed by atoms with Crippen LogP contribution in [-0.2, 0) is 19.0 Å².